The molecule has 0 aromatic rings. The normalized spacial score (nSPS) is 11.6. The molecule has 0 aliphatic heterocycles. The second kappa shape index (κ2) is 10.6. The average molecular weight is 420 g/mol. The van der Waals surface area contributed by atoms with Crippen molar-refractivity contribution >= 4 is 33.2 Å². The third kappa shape index (κ3) is 11.2. The summed E-state index contributed by atoms with van der Waals surface area (Å²) >= 11 is 0. The molecule has 13 nitrogen and oxygen atoms in total. The van der Waals surface area contributed by atoms with E-state index in [0.717, 1.165) is 0 Å². The minimum atomic E-state index is -4.83. The number of rotatable bonds is 10. The Morgan fingerprint density at radius 3 is 1.31 bits per heavy atom. The molecule has 0 aliphatic carbocycles. The summed E-state index contributed by atoms with van der Waals surface area (Å²) in [4.78, 5) is 72.4. The molecule has 0 saturated carbocycles. The van der Waals surface area contributed by atoms with Gasteiger partial charge in [-0.2, -0.15) is 0 Å². The van der Waals surface area contributed by atoms with Crippen LogP contribution in [0.3, 0.4) is 0 Å². The fraction of sp³-hybridized carbons (Fsp3) is 0.727. The van der Waals surface area contributed by atoms with Crippen LogP contribution in [-0.4, -0.2) is 86.2 Å². The number of ether oxygens (including phenoxy) is 2. The van der Waals surface area contributed by atoms with Crippen molar-refractivity contribution in [2.24, 2.45) is 0 Å². The van der Waals surface area contributed by atoms with Gasteiger partial charge >= 0.3 is 33.2 Å². The van der Waals surface area contributed by atoms with E-state index < -0.39 is 58.8 Å². The predicted octanol–water partition coefficient (Wildman–Crippen LogP) is -0.893. The molecule has 0 aromatic carbocycles. The van der Waals surface area contributed by atoms with Crippen molar-refractivity contribution in [3.63, 3.8) is 0 Å². The molecule has 0 unspecified atom stereocenters. The van der Waals surface area contributed by atoms with Gasteiger partial charge in [0.15, 0.2) is 0 Å². The minimum absolute atomic E-state index is 0.0637. The molecule has 26 heavy (non-hydrogen) atoms. The maximum atomic E-state index is 12.4. The van der Waals surface area contributed by atoms with Crippen LogP contribution >= 0.6 is 15.2 Å². The molecule has 0 bridgehead atoms. The second-order valence-corrected chi connectivity index (χ2v) is 8.13. The quantitative estimate of drug-likeness (QED) is 0.253. The Morgan fingerprint density at radius 2 is 1.08 bits per heavy atom. The van der Waals surface area contributed by atoms with E-state index in [-0.39, 0.29) is 13.2 Å². The monoisotopic (exact) mass is 420 g/mol. The van der Waals surface area contributed by atoms with Gasteiger partial charge in [-0.25, -0.2) is 4.79 Å². The molecule has 0 aromatic heterocycles. The highest BCUT2D eigenvalue weighted by Crippen LogP contribution is 2.37. The Bertz CT molecular complexity index is 549. The SMILES string of the molecule is CCOC(=O)CN(CP(=O)(O)O)C(=O)N(CC(=O)OCC)CP(=O)(O)O. The molecule has 0 radical (unpaired) electrons. The largest absolute Gasteiger partial charge is 0.465 e. The van der Waals surface area contributed by atoms with Gasteiger partial charge in [-0.3, -0.25) is 18.7 Å². The lowest BCUT2D eigenvalue weighted by atomic mass is 10.5. The first kappa shape index (κ1) is 24.5. The summed E-state index contributed by atoms with van der Waals surface area (Å²) < 4.78 is 31.6. The number of urea groups is 1. The molecule has 2 amide bonds. The Kier molecular flexibility index (Phi) is 10.0. The predicted molar refractivity (Wildman–Crippen MR) is 85.9 cm³/mol. The van der Waals surface area contributed by atoms with Crippen LogP contribution in [0.1, 0.15) is 13.8 Å². The average Bonchev–Trinajstić information content (AvgIpc) is 2.42. The highest BCUT2D eigenvalue weighted by Gasteiger charge is 2.33. The van der Waals surface area contributed by atoms with E-state index in [4.69, 9.17) is 19.6 Å². The first-order valence-corrected chi connectivity index (χ1v) is 10.8. The smallest absolute Gasteiger partial charge is 0.344 e. The van der Waals surface area contributed by atoms with E-state index in [1.807, 2.05) is 0 Å². The van der Waals surface area contributed by atoms with Crippen LogP contribution in [0.15, 0.2) is 0 Å². The zero-order chi connectivity index (χ0) is 20.5. The zero-order valence-corrected chi connectivity index (χ0v) is 16.0. The van der Waals surface area contributed by atoms with Gasteiger partial charge in [0.1, 0.15) is 25.7 Å². The summed E-state index contributed by atoms with van der Waals surface area (Å²) in [5, 5.41) is 0. The number of hydrogen-bond acceptors (Lipinski definition) is 7. The lowest BCUT2D eigenvalue weighted by Gasteiger charge is -2.29. The van der Waals surface area contributed by atoms with Crippen LogP contribution in [0.25, 0.3) is 0 Å². The van der Waals surface area contributed by atoms with Crippen molar-refractivity contribution in [2.45, 2.75) is 13.8 Å². The Labute approximate surface area is 149 Å². The van der Waals surface area contributed by atoms with E-state index in [2.05, 4.69) is 9.47 Å². The summed E-state index contributed by atoms with van der Waals surface area (Å²) in [7, 11) is -9.66. The maximum absolute atomic E-state index is 12.4. The van der Waals surface area contributed by atoms with Crippen molar-refractivity contribution < 1.29 is 52.6 Å². The molecule has 0 spiro atoms. The van der Waals surface area contributed by atoms with Crippen molar-refractivity contribution in [2.75, 3.05) is 38.9 Å². The highest BCUT2D eigenvalue weighted by molar-refractivity contribution is 7.52. The lowest BCUT2D eigenvalue weighted by Crippen LogP contribution is -2.48. The van der Waals surface area contributed by atoms with Gasteiger partial charge in [0.2, 0.25) is 0 Å². The molecule has 152 valence electrons. The van der Waals surface area contributed by atoms with E-state index >= 15 is 0 Å². The Balaban J connectivity index is 5.53. The van der Waals surface area contributed by atoms with Crippen molar-refractivity contribution in [3.8, 4) is 0 Å². The maximum Gasteiger partial charge on any atom is 0.344 e. The van der Waals surface area contributed by atoms with Gasteiger partial charge in [0, 0.05) is 0 Å². The number of amides is 2. The van der Waals surface area contributed by atoms with E-state index in [1.165, 1.54) is 13.8 Å². The van der Waals surface area contributed by atoms with Crippen molar-refractivity contribution in [1.29, 1.82) is 0 Å². The summed E-state index contributed by atoms with van der Waals surface area (Å²) in [6.45, 7) is 1.02. The highest BCUT2D eigenvalue weighted by atomic mass is 31.2. The van der Waals surface area contributed by atoms with E-state index in [9.17, 15) is 23.5 Å². The van der Waals surface area contributed by atoms with Gasteiger partial charge in [-0.05, 0) is 13.8 Å². The summed E-state index contributed by atoms with van der Waals surface area (Å²) in [5.74, 6) is -2.00. The third-order valence-electron chi connectivity index (χ3n) is 2.50. The van der Waals surface area contributed by atoms with Gasteiger partial charge in [0.05, 0.1) is 13.2 Å². The van der Waals surface area contributed by atoms with Crippen molar-refractivity contribution in [3.05, 3.63) is 0 Å². The van der Waals surface area contributed by atoms with E-state index in [0.29, 0.717) is 9.80 Å². The molecular formula is C11H22N2O11P2. The van der Waals surface area contributed by atoms with Crippen LogP contribution in [0.4, 0.5) is 4.79 Å². The number of hydrogen-bond donors (Lipinski definition) is 4. The molecule has 0 atom stereocenters. The van der Waals surface area contributed by atoms with Crippen LogP contribution < -0.4 is 0 Å². The summed E-state index contributed by atoms with van der Waals surface area (Å²) in [5.41, 5.74) is 0. The fourth-order valence-corrected chi connectivity index (χ4v) is 3.06. The number of nitrogens with zero attached hydrogens (tertiary/aromatic N) is 2. The van der Waals surface area contributed by atoms with E-state index in [1.54, 1.807) is 0 Å². The number of esters is 2. The Morgan fingerprint density at radius 1 is 0.769 bits per heavy atom. The molecule has 0 aliphatic rings. The minimum Gasteiger partial charge on any atom is -0.465 e. The molecule has 15 heteroatoms. The standard InChI is InChI=1S/C11H22N2O11P2/c1-3-23-9(14)5-12(7-25(17,18)19)11(16)13(8-26(20,21)22)6-10(15)24-4-2/h3-8H2,1-2H3,(H2,17,18,19)(H2,20,21,22). The lowest BCUT2D eigenvalue weighted by molar-refractivity contribution is -0.143. The third-order valence-corrected chi connectivity index (χ3v) is 3.92. The first-order valence-electron chi connectivity index (χ1n) is 7.23. The van der Waals surface area contributed by atoms with Crippen LogP contribution in [-0.2, 0) is 28.2 Å². The molecular weight excluding hydrogens is 398 g/mol. The first-order chi connectivity index (χ1) is 11.8. The zero-order valence-electron chi connectivity index (χ0n) is 14.2. The van der Waals surface area contributed by atoms with Gasteiger partial charge < -0.3 is 38.8 Å². The second-order valence-electron chi connectivity index (χ2n) is 4.90. The van der Waals surface area contributed by atoms with Crippen LogP contribution in [0, 0.1) is 0 Å². The summed E-state index contributed by atoms with van der Waals surface area (Å²) in [6.07, 6.45) is -2.43. The van der Waals surface area contributed by atoms with Crippen molar-refractivity contribution in [1.82, 2.24) is 9.80 Å². The Hall–Kier alpha value is -1.49. The molecule has 0 saturated heterocycles. The van der Waals surface area contributed by atoms with Gasteiger partial charge in [-0.15, -0.1) is 0 Å². The fourth-order valence-electron chi connectivity index (χ4n) is 1.73. The molecule has 0 fully saturated rings. The number of carbonyl (C=O) groups excluding carboxylic acids is 3. The number of carbonyl (C=O) groups is 3. The van der Waals surface area contributed by atoms with Gasteiger partial charge in [0.25, 0.3) is 0 Å². The molecule has 4 N–H and O–H groups in total. The molecule has 0 rings (SSSR count). The van der Waals surface area contributed by atoms with Crippen LogP contribution in [0.2, 0.25) is 0 Å². The van der Waals surface area contributed by atoms with Crippen LogP contribution in [0.5, 0.6) is 0 Å². The molecule has 0 heterocycles. The topological polar surface area (TPSA) is 191 Å². The summed E-state index contributed by atoms with van der Waals surface area (Å²) in [6, 6.07) is -1.35. The van der Waals surface area contributed by atoms with Gasteiger partial charge in [-0.1, -0.05) is 0 Å².